The van der Waals surface area contributed by atoms with Crippen LogP contribution in [0.25, 0.3) is 0 Å². The number of nitrogens with one attached hydrogen (secondary N) is 2. The number of benzene rings is 1. The van der Waals surface area contributed by atoms with Crippen molar-refractivity contribution in [3.63, 3.8) is 0 Å². The van der Waals surface area contributed by atoms with Gasteiger partial charge in [-0.2, -0.15) is 0 Å². The molecule has 1 aliphatic rings. The third-order valence-corrected chi connectivity index (χ3v) is 5.22. The Morgan fingerprint density at radius 2 is 1.86 bits per heavy atom. The van der Waals surface area contributed by atoms with Crippen molar-refractivity contribution in [1.82, 2.24) is 4.72 Å². The molecule has 0 bridgehead atoms. The molecule has 2 N–H and O–H groups in total. The summed E-state index contributed by atoms with van der Waals surface area (Å²) in [6.07, 6.45) is 2.04. The van der Waals surface area contributed by atoms with Crippen LogP contribution < -0.4 is 9.62 Å². The zero-order valence-corrected chi connectivity index (χ0v) is 13.4. The van der Waals surface area contributed by atoms with Crippen molar-refractivity contribution >= 4 is 10.0 Å². The summed E-state index contributed by atoms with van der Waals surface area (Å²) in [6, 6.07) is 7.17. The molecule has 0 unspecified atom stereocenters. The van der Waals surface area contributed by atoms with E-state index in [0.717, 1.165) is 45.7 Å². The van der Waals surface area contributed by atoms with Gasteiger partial charge in [0.15, 0.2) is 0 Å². The van der Waals surface area contributed by atoms with E-state index in [1.807, 2.05) is 12.1 Å². The minimum atomic E-state index is -3.39. The minimum absolute atomic E-state index is 0.347. The van der Waals surface area contributed by atoms with Crippen LogP contribution in [-0.4, -0.2) is 47.8 Å². The minimum Gasteiger partial charge on any atom is -0.370 e. The lowest BCUT2D eigenvalue weighted by molar-refractivity contribution is -0.906. The van der Waals surface area contributed by atoms with Gasteiger partial charge in [0.2, 0.25) is 10.0 Å². The van der Waals surface area contributed by atoms with E-state index in [2.05, 4.69) is 11.6 Å². The maximum atomic E-state index is 12.2. The van der Waals surface area contributed by atoms with Gasteiger partial charge in [0, 0.05) is 0 Å². The van der Waals surface area contributed by atoms with E-state index in [0.29, 0.717) is 11.4 Å². The number of quaternary nitrogens is 1. The molecule has 1 aromatic carbocycles. The number of hydrogen-bond acceptors (Lipinski definition) is 3. The van der Waals surface area contributed by atoms with Gasteiger partial charge >= 0.3 is 0 Å². The first-order valence-corrected chi connectivity index (χ1v) is 9.10. The fraction of sp³-hybridized carbons (Fsp3) is 0.600. The Hall–Kier alpha value is -0.950. The van der Waals surface area contributed by atoms with E-state index in [-0.39, 0.29) is 0 Å². The van der Waals surface area contributed by atoms with Crippen molar-refractivity contribution in [3.8, 4) is 0 Å². The fourth-order valence-electron chi connectivity index (χ4n) is 2.48. The zero-order chi connectivity index (χ0) is 15.1. The molecule has 1 fully saturated rings. The smallest absolute Gasteiger partial charge is 0.240 e. The molecule has 0 aliphatic carbocycles. The Labute approximate surface area is 127 Å². The van der Waals surface area contributed by atoms with E-state index in [1.165, 1.54) is 10.5 Å². The van der Waals surface area contributed by atoms with Gasteiger partial charge < -0.3 is 9.64 Å². The number of aryl methyl sites for hydroxylation is 1. The molecule has 5 nitrogen and oxygen atoms in total. The number of morpholine rings is 1. The predicted molar refractivity (Wildman–Crippen MR) is 82.0 cm³/mol. The van der Waals surface area contributed by atoms with Crippen molar-refractivity contribution in [2.24, 2.45) is 0 Å². The molecule has 21 heavy (non-hydrogen) atoms. The quantitative estimate of drug-likeness (QED) is 0.735. The Kier molecular flexibility index (Phi) is 6.17. The van der Waals surface area contributed by atoms with Gasteiger partial charge in [0.25, 0.3) is 0 Å². The van der Waals surface area contributed by atoms with Crippen molar-refractivity contribution in [3.05, 3.63) is 29.8 Å². The summed E-state index contributed by atoms with van der Waals surface area (Å²) >= 11 is 0. The van der Waals surface area contributed by atoms with Crippen LogP contribution >= 0.6 is 0 Å². The first-order chi connectivity index (χ1) is 10.1. The number of ether oxygens (including phenoxy) is 1. The van der Waals surface area contributed by atoms with Crippen LogP contribution in [0, 0.1) is 0 Å². The standard InChI is InChI=1S/C15H24N2O3S/c1-2-3-14-4-6-15(7-5-14)21(18,19)16-8-9-17-10-12-20-13-11-17/h4-7,16H,2-3,8-13H2,1H3/p+1. The number of rotatable bonds is 7. The Morgan fingerprint density at radius 3 is 2.48 bits per heavy atom. The maximum Gasteiger partial charge on any atom is 0.240 e. The predicted octanol–water partition coefficient (Wildman–Crippen LogP) is -0.167. The Bertz CT molecular complexity index is 522. The van der Waals surface area contributed by atoms with Gasteiger partial charge in [-0.15, -0.1) is 0 Å². The second-order valence-corrected chi connectivity index (χ2v) is 7.17. The lowest BCUT2D eigenvalue weighted by Crippen LogP contribution is -3.14. The summed E-state index contributed by atoms with van der Waals surface area (Å²) in [5.74, 6) is 0. The van der Waals surface area contributed by atoms with E-state index >= 15 is 0 Å². The first-order valence-electron chi connectivity index (χ1n) is 7.62. The molecule has 0 spiro atoms. The second kappa shape index (κ2) is 7.89. The molecule has 0 radical (unpaired) electrons. The largest absolute Gasteiger partial charge is 0.370 e. The molecular weight excluding hydrogens is 288 g/mol. The topological polar surface area (TPSA) is 59.8 Å². The second-order valence-electron chi connectivity index (χ2n) is 5.40. The maximum absolute atomic E-state index is 12.2. The summed E-state index contributed by atoms with van der Waals surface area (Å²) in [6.45, 7) is 6.81. The molecule has 1 aliphatic heterocycles. The highest BCUT2D eigenvalue weighted by Gasteiger charge is 2.17. The average molecular weight is 313 g/mol. The molecule has 0 amide bonds. The fourth-order valence-corrected chi connectivity index (χ4v) is 3.51. The summed E-state index contributed by atoms with van der Waals surface area (Å²) < 4.78 is 32.4. The monoisotopic (exact) mass is 313 g/mol. The van der Waals surface area contributed by atoms with Crippen LogP contribution in [0.3, 0.4) is 0 Å². The molecule has 1 heterocycles. The van der Waals surface area contributed by atoms with E-state index < -0.39 is 10.0 Å². The van der Waals surface area contributed by atoms with Gasteiger partial charge in [-0.3, -0.25) is 0 Å². The van der Waals surface area contributed by atoms with Gasteiger partial charge in [-0.1, -0.05) is 25.5 Å². The Balaban J connectivity index is 1.85. The molecule has 2 rings (SSSR count). The number of hydrogen-bond donors (Lipinski definition) is 2. The third kappa shape index (κ3) is 5.07. The highest BCUT2D eigenvalue weighted by Crippen LogP contribution is 2.11. The van der Waals surface area contributed by atoms with E-state index in [1.54, 1.807) is 12.1 Å². The third-order valence-electron chi connectivity index (χ3n) is 3.74. The summed E-state index contributed by atoms with van der Waals surface area (Å²) in [5, 5.41) is 0. The van der Waals surface area contributed by atoms with Crippen molar-refractivity contribution in [1.29, 1.82) is 0 Å². The first kappa shape index (κ1) is 16.4. The Morgan fingerprint density at radius 1 is 1.19 bits per heavy atom. The molecule has 6 heteroatoms. The normalized spacial score (nSPS) is 17.0. The van der Waals surface area contributed by atoms with Gasteiger partial charge in [-0.05, 0) is 24.1 Å². The van der Waals surface area contributed by atoms with Crippen LogP contribution in [-0.2, 0) is 21.2 Å². The van der Waals surface area contributed by atoms with Gasteiger partial charge in [0.1, 0.15) is 13.1 Å². The molecule has 118 valence electrons. The van der Waals surface area contributed by atoms with Crippen LogP contribution in [0.5, 0.6) is 0 Å². The van der Waals surface area contributed by atoms with Gasteiger partial charge in [-0.25, -0.2) is 13.1 Å². The highest BCUT2D eigenvalue weighted by atomic mass is 32.2. The molecule has 1 aromatic rings. The van der Waals surface area contributed by atoms with Crippen molar-refractivity contribution in [2.75, 3.05) is 39.4 Å². The van der Waals surface area contributed by atoms with Crippen molar-refractivity contribution < 1.29 is 18.1 Å². The lowest BCUT2D eigenvalue weighted by atomic mass is 10.1. The van der Waals surface area contributed by atoms with E-state index in [4.69, 9.17) is 4.74 Å². The van der Waals surface area contributed by atoms with Gasteiger partial charge in [0.05, 0.1) is 31.2 Å². The van der Waals surface area contributed by atoms with Crippen LogP contribution in [0.1, 0.15) is 18.9 Å². The molecule has 0 atom stereocenters. The zero-order valence-electron chi connectivity index (χ0n) is 12.6. The van der Waals surface area contributed by atoms with E-state index in [9.17, 15) is 8.42 Å². The molecule has 0 saturated carbocycles. The molecule has 0 aromatic heterocycles. The summed E-state index contributed by atoms with van der Waals surface area (Å²) in [5.41, 5.74) is 1.18. The SMILES string of the molecule is CCCc1ccc(S(=O)(=O)NCC[NH+]2CCOCC2)cc1. The highest BCUT2D eigenvalue weighted by molar-refractivity contribution is 7.89. The number of sulfonamides is 1. The average Bonchev–Trinajstić information content (AvgIpc) is 2.49. The van der Waals surface area contributed by atoms with Crippen molar-refractivity contribution in [2.45, 2.75) is 24.7 Å². The summed E-state index contributed by atoms with van der Waals surface area (Å²) in [4.78, 5) is 1.74. The van der Waals surface area contributed by atoms with Crippen LogP contribution in [0.4, 0.5) is 0 Å². The summed E-state index contributed by atoms with van der Waals surface area (Å²) in [7, 11) is -3.39. The molecule has 1 saturated heterocycles. The van der Waals surface area contributed by atoms with Crippen LogP contribution in [0.2, 0.25) is 0 Å². The molecular formula is C15H25N2O3S+. The lowest BCUT2D eigenvalue weighted by Gasteiger charge is -2.23. The van der Waals surface area contributed by atoms with Crippen LogP contribution in [0.15, 0.2) is 29.2 Å².